The third-order valence-corrected chi connectivity index (χ3v) is 11.7. The van der Waals surface area contributed by atoms with Crippen LogP contribution in [-0.2, 0) is 0 Å². The van der Waals surface area contributed by atoms with Gasteiger partial charge in [-0.15, -0.1) is 6.58 Å². The van der Waals surface area contributed by atoms with Crippen LogP contribution in [0.4, 0.5) is 0 Å². The summed E-state index contributed by atoms with van der Waals surface area (Å²) in [6.07, 6.45) is 11.2. The second-order valence-electron chi connectivity index (χ2n) is 13.3. The molecule has 0 heterocycles. The molecule has 4 rings (SSSR count). The first-order valence-corrected chi connectivity index (χ1v) is 13.7. The Hall–Kier alpha value is -0.380. The first kappa shape index (κ1) is 24.7. The summed E-state index contributed by atoms with van der Waals surface area (Å²) in [5.74, 6) is 4.43. The van der Waals surface area contributed by atoms with Gasteiger partial charge in [-0.25, -0.2) is 0 Å². The molecule has 4 aliphatic rings. The molecule has 0 unspecified atom stereocenters. The predicted molar refractivity (Wildman–Crippen MR) is 131 cm³/mol. The molecule has 32 heavy (non-hydrogen) atoms. The Labute approximate surface area is 197 Å². The predicted octanol–water partition coefficient (Wildman–Crippen LogP) is 5.97. The van der Waals surface area contributed by atoms with Gasteiger partial charge >= 0.3 is 0 Å². The number of aliphatic hydroxyl groups excluding tert-OH is 2. The summed E-state index contributed by atoms with van der Waals surface area (Å²) in [7, 11) is 0. The fourth-order valence-corrected chi connectivity index (χ4v) is 9.62. The molecule has 3 N–H and O–H groups in total. The van der Waals surface area contributed by atoms with E-state index in [1.54, 1.807) is 0 Å². The molecule has 0 aromatic carbocycles. The standard InChI is InChI=1S/C29H50O3/c1-7-20(18(2)3)9-8-19(4)23-10-11-24-22-16-26(31)29(32)17-21(30)12-15-28(29,6)25(22)13-14-27(23,24)5/h7,18-26,30-32H,1,8-17H2,2-6H3/t19-,20-,21+,22+,23-,24+,25+,26-,27-,28-,29+/m1/s1. The summed E-state index contributed by atoms with van der Waals surface area (Å²) >= 11 is 0. The lowest BCUT2D eigenvalue weighted by molar-refractivity contribution is -0.264. The van der Waals surface area contributed by atoms with Crippen molar-refractivity contribution in [1.82, 2.24) is 0 Å². The minimum Gasteiger partial charge on any atom is -0.393 e. The Morgan fingerprint density at radius 1 is 0.969 bits per heavy atom. The Morgan fingerprint density at radius 3 is 2.34 bits per heavy atom. The lowest BCUT2D eigenvalue weighted by Crippen LogP contribution is -2.68. The van der Waals surface area contributed by atoms with Crippen molar-refractivity contribution in [3.8, 4) is 0 Å². The quantitative estimate of drug-likeness (QED) is 0.441. The average Bonchev–Trinajstić information content (AvgIpc) is 3.08. The monoisotopic (exact) mass is 446 g/mol. The smallest absolute Gasteiger partial charge is 0.0985 e. The highest BCUT2D eigenvalue weighted by atomic mass is 16.3. The molecule has 3 nitrogen and oxygen atoms in total. The van der Waals surface area contributed by atoms with Crippen molar-refractivity contribution in [2.75, 3.05) is 0 Å². The fourth-order valence-electron chi connectivity index (χ4n) is 9.62. The summed E-state index contributed by atoms with van der Waals surface area (Å²) in [4.78, 5) is 0. The lowest BCUT2D eigenvalue weighted by Gasteiger charge is -2.65. The van der Waals surface area contributed by atoms with E-state index in [0.717, 1.165) is 31.1 Å². The molecule has 3 heteroatoms. The molecule has 184 valence electrons. The van der Waals surface area contributed by atoms with Crippen LogP contribution >= 0.6 is 0 Å². The van der Waals surface area contributed by atoms with Crippen molar-refractivity contribution in [2.24, 2.45) is 52.3 Å². The molecule has 0 radical (unpaired) electrons. The van der Waals surface area contributed by atoms with Crippen LogP contribution in [0, 0.1) is 52.3 Å². The zero-order valence-electron chi connectivity index (χ0n) is 21.4. The molecule has 4 aliphatic carbocycles. The number of hydrogen-bond donors (Lipinski definition) is 3. The highest BCUT2D eigenvalue weighted by Gasteiger charge is 2.67. The summed E-state index contributed by atoms with van der Waals surface area (Å²) in [5.41, 5.74) is -1.03. The van der Waals surface area contributed by atoms with Gasteiger partial charge in [0, 0.05) is 11.8 Å². The van der Waals surface area contributed by atoms with Crippen molar-refractivity contribution in [3.05, 3.63) is 12.7 Å². The molecule has 0 aromatic heterocycles. The zero-order chi connectivity index (χ0) is 23.5. The third kappa shape index (κ3) is 3.64. The molecular formula is C29H50O3. The van der Waals surface area contributed by atoms with Crippen LogP contribution in [0.2, 0.25) is 0 Å². The average molecular weight is 447 g/mol. The van der Waals surface area contributed by atoms with Gasteiger partial charge in [-0.05, 0) is 105 Å². The maximum absolute atomic E-state index is 11.6. The molecule has 11 atom stereocenters. The summed E-state index contributed by atoms with van der Waals surface area (Å²) in [5, 5.41) is 33.2. The Balaban J connectivity index is 1.52. The molecule has 4 fully saturated rings. The van der Waals surface area contributed by atoms with Gasteiger partial charge in [-0.1, -0.05) is 40.7 Å². The first-order valence-electron chi connectivity index (χ1n) is 13.7. The second-order valence-corrected chi connectivity index (χ2v) is 13.3. The highest BCUT2D eigenvalue weighted by Crippen LogP contribution is 2.69. The van der Waals surface area contributed by atoms with Crippen LogP contribution in [-0.4, -0.2) is 33.1 Å². The van der Waals surface area contributed by atoms with Gasteiger partial charge in [0.2, 0.25) is 0 Å². The van der Waals surface area contributed by atoms with Crippen molar-refractivity contribution >= 4 is 0 Å². The van der Waals surface area contributed by atoms with E-state index in [0.29, 0.717) is 41.4 Å². The van der Waals surface area contributed by atoms with Gasteiger partial charge in [0.1, 0.15) is 0 Å². The number of rotatable bonds is 6. The molecular weight excluding hydrogens is 396 g/mol. The largest absolute Gasteiger partial charge is 0.393 e. The molecule has 0 saturated heterocycles. The molecule has 0 amide bonds. The Bertz CT molecular complexity index is 690. The van der Waals surface area contributed by atoms with E-state index in [1.165, 1.54) is 38.5 Å². The minimum absolute atomic E-state index is 0.270. The lowest BCUT2D eigenvalue weighted by atomic mass is 9.42. The number of aliphatic hydroxyl groups is 3. The van der Waals surface area contributed by atoms with Crippen LogP contribution in [0.3, 0.4) is 0 Å². The number of allylic oxidation sites excluding steroid dienone is 1. The maximum Gasteiger partial charge on any atom is 0.0985 e. The molecule has 0 bridgehead atoms. The minimum atomic E-state index is -1.12. The van der Waals surface area contributed by atoms with Crippen molar-refractivity contribution in [2.45, 2.75) is 117 Å². The normalized spacial score (nSPS) is 50.3. The zero-order valence-corrected chi connectivity index (χ0v) is 21.4. The Morgan fingerprint density at radius 2 is 1.69 bits per heavy atom. The number of fused-ring (bicyclic) bond motifs is 5. The Kier molecular flexibility index (Phi) is 6.71. The van der Waals surface area contributed by atoms with E-state index in [2.05, 4.69) is 47.3 Å². The van der Waals surface area contributed by atoms with Crippen LogP contribution in [0.1, 0.15) is 98.8 Å². The molecule has 4 saturated carbocycles. The van der Waals surface area contributed by atoms with Crippen LogP contribution in [0.5, 0.6) is 0 Å². The van der Waals surface area contributed by atoms with E-state index in [9.17, 15) is 15.3 Å². The third-order valence-electron chi connectivity index (χ3n) is 11.7. The summed E-state index contributed by atoms with van der Waals surface area (Å²) < 4.78 is 0. The van der Waals surface area contributed by atoms with Gasteiger partial charge < -0.3 is 15.3 Å². The molecule has 0 aromatic rings. The molecule has 0 aliphatic heterocycles. The SMILES string of the molecule is C=C[C@H](CC[C@@H](C)[C@H]1CC[C@H]2[C@@H]3C[C@@H](O)[C@@]4(O)C[C@@H](O)CC[C@]4(C)[C@H]3CC[C@]12C)C(C)C. The van der Waals surface area contributed by atoms with Gasteiger partial charge in [-0.3, -0.25) is 0 Å². The fraction of sp³-hybridized carbons (Fsp3) is 0.931. The maximum atomic E-state index is 11.6. The van der Waals surface area contributed by atoms with Gasteiger partial charge in [0.15, 0.2) is 0 Å². The van der Waals surface area contributed by atoms with Gasteiger partial charge in [0.05, 0.1) is 17.8 Å². The highest BCUT2D eigenvalue weighted by molar-refractivity contribution is 5.17. The molecule has 0 spiro atoms. The van der Waals surface area contributed by atoms with E-state index >= 15 is 0 Å². The first-order chi connectivity index (χ1) is 15.0. The van der Waals surface area contributed by atoms with Gasteiger partial charge in [-0.2, -0.15) is 0 Å². The second kappa shape index (κ2) is 8.68. The van der Waals surface area contributed by atoms with Crippen LogP contribution < -0.4 is 0 Å². The topological polar surface area (TPSA) is 60.7 Å². The van der Waals surface area contributed by atoms with Crippen molar-refractivity contribution in [3.63, 3.8) is 0 Å². The van der Waals surface area contributed by atoms with E-state index in [-0.39, 0.29) is 5.41 Å². The van der Waals surface area contributed by atoms with E-state index in [1.807, 2.05) is 0 Å². The number of hydrogen-bond acceptors (Lipinski definition) is 3. The van der Waals surface area contributed by atoms with Gasteiger partial charge in [0.25, 0.3) is 0 Å². The van der Waals surface area contributed by atoms with Crippen LogP contribution in [0.15, 0.2) is 12.7 Å². The van der Waals surface area contributed by atoms with Crippen molar-refractivity contribution < 1.29 is 15.3 Å². The summed E-state index contributed by atoms with van der Waals surface area (Å²) in [6, 6.07) is 0. The van der Waals surface area contributed by atoms with Crippen molar-refractivity contribution in [1.29, 1.82) is 0 Å². The van der Waals surface area contributed by atoms with E-state index in [4.69, 9.17) is 0 Å². The van der Waals surface area contributed by atoms with Crippen LogP contribution in [0.25, 0.3) is 0 Å². The summed E-state index contributed by atoms with van der Waals surface area (Å²) in [6.45, 7) is 16.0. The van der Waals surface area contributed by atoms with E-state index < -0.39 is 17.8 Å².